The van der Waals surface area contributed by atoms with Crippen LogP contribution >= 0.6 is 0 Å². The summed E-state index contributed by atoms with van der Waals surface area (Å²) in [6.07, 6.45) is -15.2. The summed E-state index contributed by atoms with van der Waals surface area (Å²) in [6.45, 7) is 1.23. The van der Waals surface area contributed by atoms with Crippen molar-refractivity contribution in [3.63, 3.8) is 0 Å². The number of carbonyl (C=O) groups is 7. The largest absolute Gasteiger partial charge is 0.459 e. The SMILES string of the molecule is CC(=O)CCC(=O)O[C@H]1[C@@H](OC(=O)c2ccccc2)[C@@H](COC(=O)c2ccccc2)O[C@@H](O[C@H]2[C@@H]3O[C@H](c4ccccc4)OC[C@H]3N(C(=O)OCc3ccccc3)C[C@@H]2OC(C)=O)[C@@H]1OC(=O)c1ccccc1. The molecular weight excluding hydrogens is 947 g/mol. The Labute approximate surface area is 420 Å². The number of hydrogen-bond acceptors (Lipinski definition) is 17. The van der Waals surface area contributed by atoms with Gasteiger partial charge >= 0.3 is 35.9 Å². The van der Waals surface area contributed by atoms with E-state index in [2.05, 4.69) is 0 Å². The molecule has 8 rings (SSSR count). The molecule has 73 heavy (non-hydrogen) atoms. The highest BCUT2D eigenvalue weighted by molar-refractivity contribution is 5.91. The second-order valence-corrected chi connectivity index (χ2v) is 17.3. The lowest BCUT2D eigenvalue weighted by molar-refractivity contribution is -0.349. The van der Waals surface area contributed by atoms with E-state index in [1.54, 1.807) is 109 Å². The first-order valence-electron chi connectivity index (χ1n) is 23.6. The maximum Gasteiger partial charge on any atom is 0.410 e. The van der Waals surface area contributed by atoms with Crippen LogP contribution in [0.4, 0.5) is 4.79 Å². The fourth-order valence-corrected chi connectivity index (χ4v) is 8.56. The molecule has 0 spiro atoms. The van der Waals surface area contributed by atoms with Crippen molar-refractivity contribution in [2.24, 2.45) is 0 Å². The average molecular weight is 1000 g/mol. The van der Waals surface area contributed by atoms with Crippen molar-refractivity contribution < 1.29 is 80.9 Å². The van der Waals surface area contributed by atoms with Crippen LogP contribution in [0.1, 0.15) is 75.2 Å². The van der Waals surface area contributed by atoms with Crippen molar-refractivity contribution in [3.8, 4) is 0 Å². The molecule has 0 aromatic heterocycles. The number of Topliss-reactive ketones (excluding diaryl/α,β-unsaturated/α-hetero) is 1. The molecule has 3 saturated heterocycles. The number of ether oxygens (including phenoxy) is 10. The zero-order valence-corrected chi connectivity index (χ0v) is 39.8. The number of ketones is 1. The van der Waals surface area contributed by atoms with Crippen LogP contribution in [0.5, 0.6) is 0 Å². The molecule has 5 aromatic rings. The van der Waals surface area contributed by atoms with E-state index in [-0.39, 0.29) is 48.7 Å². The van der Waals surface area contributed by atoms with E-state index in [0.29, 0.717) is 11.1 Å². The Bertz CT molecular complexity index is 2680. The number of piperidine rings is 1. The third kappa shape index (κ3) is 13.4. The van der Waals surface area contributed by atoms with Crippen LogP contribution in [0.3, 0.4) is 0 Å². The monoisotopic (exact) mass is 999 g/mol. The van der Waals surface area contributed by atoms with Gasteiger partial charge < -0.3 is 52.2 Å². The summed E-state index contributed by atoms with van der Waals surface area (Å²) < 4.78 is 62.5. The molecular formula is C55H53NO17. The summed E-state index contributed by atoms with van der Waals surface area (Å²) in [7, 11) is 0. The molecule has 18 nitrogen and oxygen atoms in total. The molecule has 3 aliphatic rings. The number of rotatable bonds is 17. The predicted octanol–water partition coefficient (Wildman–Crippen LogP) is 6.75. The molecule has 5 aromatic carbocycles. The molecule has 0 saturated carbocycles. The number of fused-ring (bicyclic) bond motifs is 1. The summed E-state index contributed by atoms with van der Waals surface area (Å²) in [5, 5.41) is 0. The molecule has 380 valence electrons. The predicted molar refractivity (Wildman–Crippen MR) is 254 cm³/mol. The van der Waals surface area contributed by atoms with Crippen molar-refractivity contribution in [3.05, 3.63) is 179 Å². The van der Waals surface area contributed by atoms with Gasteiger partial charge in [-0.3, -0.25) is 14.5 Å². The Balaban J connectivity index is 1.22. The number of amides is 1. The number of esters is 5. The minimum absolute atomic E-state index is 0.0540. The molecule has 3 fully saturated rings. The number of carbonyl (C=O) groups excluding carboxylic acids is 7. The summed E-state index contributed by atoms with van der Waals surface area (Å²) in [4.78, 5) is 96.4. The second kappa shape index (κ2) is 24.6. The lowest BCUT2D eigenvalue weighted by atomic mass is 9.92. The second-order valence-electron chi connectivity index (χ2n) is 17.3. The van der Waals surface area contributed by atoms with Gasteiger partial charge in [0, 0.05) is 18.9 Å². The highest BCUT2D eigenvalue weighted by Gasteiger charge is 2.58. The first kappa shape index (κ1) is 51.6. The third-order valence-electron chi connectivity index (χ3n) is 12.1. The summed E-state index contributed by atoms with van der Waals surface area (Å²) in [5.41, 5.74) is 1.60. The maximum atomic E-state index is 14.3. The molecule has 0 N–H and O–H groups in total. The summed E-state index contributed by atoms with van der Waals surface area (Å²) in [5.74, 6) is -4.73. The Morgan fingerprint density at radius 2 is 1.11 bits per heavy atom. The van der Waals surface area contributed by atoms with E-state index in [4.69, 9.17) is 47.4 Å². The van der Waals surface area contributed by atoms with Crippen molar-refractivity contribution in [1.82, 2.24) is 4.90 Å². The van der Waals surface area contributed by atoms with Crippen molar-refractivity contribution in [2.45, 2.75) is 94.6 Å². The highest BCUT2D eigenvalue weighted by atomic mass is 16.8. The van der Waals surface area contributed by atoms with Crippen molar-refractivity contribution in [2.75, 3.05) is 19.8 Å². The number of nitrogens with zero attached hydrogens (tertiary/aromatic N) is 1. The lowest BCUT2D eigenvalue weighted by Crippen LogP contribution is -2.70. The van der Waals surface area contributed by atoms with E-state index < -0.39 is 110 Å². The van der Waals surface area contributed by atoms with E-state index in [1.807, 2.05) is 6.07 Å². The molecule has 10 atom stereocenters. The smallest absolute Gasteiger partial charge is 0.410 e. The molecule has 0 bridgehead atoms. The van der Waals surface area contributed by atoms with Crippen molar-refractivity contribution >= 4 is 41.7 Å². The molecule has 1 amide bonds. The molecule has 0 aliphatic carbocycles. The summed E-state index contributed by atoms with van der Waals surface area (Å²) >= 11 is 0. The Morgan fingerprint density at radius 1 is 0.562 bits per heavy atom. The molecule has 3 aliphatic heterocycles. The zero-order chi connectivity index (χ0) is 51.3. The highest BCUT2D eigenvalue weighted by Crippen LogP contribution is 2.39. The van der Waals surface area contributed by atoms with E-state index in [0.717, 1.165) is 0 Å². The molecule has 0 radical (unpaired) electrons. The van der Waals surface area contributed by atoms with Gasteiger partial charge in [0.15, 0.2) is 30.9 Å². The van der Waals surface area contributed by atoms with Gasteiger partial charge in [0.2, 0.25) is 0 Å². The third-order valence-corrected chi connectivity index (χ3v) is 12.1. The van der Waals surface area contributed by atoms with Gasteiger partial charge in [0.05, 0.1) is 42.3 Å². The first-order chi connectivity index (χ1) is 35.4. The Morgan fingerprint density at radius 3 is 1.68 bits per heavy atom. The van der Waals surface area contributed by atoms with Gasteiger partial charge in [0.1, 0.15) is 43.4 Å². The standard InChI is InChI=1S/C55H53NO17/c1-34(57)28-29-44(59)69-48-47(70-51(61)38-22-12-5-13-23-38)43(33-64-50(60)37-20-10-4-11-21-37)68-54(49(48)71-52(62)39-24-14-6-15-25-39)73-46-42(67-35(2)58)30-56(55(63)66-31-36-18-8-3-9-19-36)41-32-65-53(72-45(41)46)40-26-16-7-17-27-40/h3-27,41-43,45-49,53-54H,28-33H2,1-2H3/t41-,42+,43-,45-,46-,47+,48+,49-,53-,54+/m1/s1. The van der Waals surface area contributed by atoms with E-state index >= 15 is 0 Å². The van der Waals surface area contributed by atoms with E-state index in [9.17, 15) is 33.6 Å². The summed E-state index contributed by atoms with van der Waals surface area (Å²) in [6, 6.07) is 40.6. The molecule has 0 unspecified atom stereocenters. The first-order valence-corrected chi connectivity index (χ1v) is 23.6. The minimum atomic E-state index is -1.85. The fraction of sp³-hybridized carbons (Fsp3) is 0.327. The Kier molecular flexibility index (Phi) is 17.4. The van der Waals surface area contributed by atoms with Gasteiger partial charge in [-0.25, -0.2) is 19.2 Å². The van der Waals surface area contributed by atoms with Crippen LogP contribution in [0.25, 0.3) is 0 Å². The van der Waals surface area contributed by atoms with Gasteiger partial charge in [-0.05, 0) is 48.9 Å². The maximum absolute atomic E-state index is 14.3. The molecule has 18 heteroatoms. The van der Waals surface area contributed by atoms with E-state index in [1.165, 1.54) is 55.1 Å². The van der Waals surface area contributed by atoms with Crippen LogP contribution < -0.4 is 0 Å². The van der Waals surface area contributed by atoms with Crippen LogP contribution in [0.2, 0.25) is 0 Å². The van der Waals surface area contributed by atoms with Gasteiger partial charge in [-0.2, -0.15) is 0 Å². The van der Waals surface area contributed by atoms with Gasteiger partial charge in [-0.15, -0.1) is 0 Å². The van der Waals surface area contributed by atoms with Crippen LogP contribution in [-0.4, -0.2) is 121 Å². The van der Waals surface area contributed by atoms with Crippen LogP contribution in [0.15, 0.2) is 152 Å². The topological polar surface area (TPSA) is 215 Å². The average Bonchev–Trinajstić information content (AvgIpc) is 3.41. The van der Waals surface area contributed by atoms with Gasteiger partial charge in [-0.1, -0.05) is 115 Å². The van der Waals surface area contributed by atoms with Gasteiger partial charge in [0.25, 0.3) is 0 Å². The quantitative estimate of drug-likeness (QED) is 0.0695. The van der Waals surface area contributed by atoms with Crippen LogP contribution in [0, 0.1) is 0 Å². The van der Waals surface area contributed by atoms with Crippen LogP contribution in [-0.2, 0) is 68.4 Å². The number of likely N-dealkylation sites (tertiary alicyclic amines) is 1. The lowest BCUT2D eigenvalue weighted by Gasteiger charge is -2.52. The zero-order valence-electron chi connectivity index (χ0n) is 39.8. The number of hydrogen-bond donors (Lipinski definition) is 0. The normalized spacial score (nSPS) is 24.4. The molecule has 3 heterocycles. The number of benzene rings is 5. The fourth-order valence-electron chi connectivity index (χ4n) is 8.56. The Hall–Kier alpha value is -7.77. The van der Waals surface area contributed by atoms with Crippen molar-refractivity contribution in [1.29, 1.82) is 0 Å². The minimum Gasteiger partial charge on any atom is -0.459 e.